The Morgan fingerprint density at radius 2 is 1.68 bits per heavy atom. The van der Waals surface area contributed by atoms with Gasteiger partial charge in [-0.15, -0.1) is 0 Å². The van der Waals surface area contributed by atoms with Gasteiger partial charge in [-0.1, -0.05) is 6.07 Å². The zero-order valence-corrected chi connectivity index (χ0v) is 23.1. The number of nitrogens with one attached hydrogen (secondary N) is 1. The lowest BCUT2D eigenvalue weighted by atomic mass is 10.0. The highest BCUT2D eigenvalue weighted by atomic mass is 16.5. The quantitative estimate of drug-likeness (QED) is 0.389. The van der Waals surface area contributed by atoms with Gasteiger partial charge in [-0.3, -0.25) is 9.59 Å². The van der Waals surface area contributed by atoms with E-state index in [9.17, 15) is 9.59 Å². The molecule has 0 radical (unpaired) electrons. The lowest BCUT2D eigenvalue weighted by molar-refractivity contribution is -0.148. The molecular formula is C29H40N2O7. The predicted molar refractivity (Wildman–Crippen MR) is 144 cm³/mol. The van der Waals surface area contributed by atoms with Gasteiger partial charge >= 0.3 is 5.97 Å². The number of carbonyl (C=O) groups excluding carboxylic acids is 2. The summed E-state index contributed by atoms with van der Waals surface area (Å²) >= 11 is 0. The van der Waals surface area contributed by atoms with Gasteiger partial charge in [0.2, 0.25) is 0 Å². The first-order valence-corrected chi connectivity index (χ1v) is 13.2. The minimum Gasteiger partial charge on any atom is -0.497 e. The summed E-state index contributed by atoms with van der Waals surface area (Å²) in [5.74, 6) is 1.38. The maximum absolute atomic E-state index is 14.0. The average molecular weight is 529 g/mol. The molecule has 0 bridgehead atoms. The van der Waals surface area contributed by atoms with Crippen LogP contribution in [-0.4, -0.2) is 69.9 Å². The third kappa shape index (κ3) is 7.77. The maximum Gasteiger partial charge on any atom is 0.312 e. The molecule has 3 rings (SSSR count). The molecule has 208 valence electrons. The van der Waals surface area contributed by atoms with Gasteiger partial charge in [0.15, 0.2) is 11.5 Å². The summed E-state index contributed by atoms with van der Waals surface area (Å²) in [5.41, 5.74) is 1.41. The Morgan fingerprint density at radius 1 is 0.947 bits per heavy atom. The largest absolute Gasteiger partial charge is 0.497 e. The molecule has 1 N–H and O–H groups in total. The number of methoxy groups -OCH3 is 2. The number of benzene rings is 2. The van der Waals surface area contributed by atoms with E-state index in [1.807, 2.05) is 30.0 Å². The Labute approximate surface area is 225 Å². The summed E-state index contributed by atoms with van der Waals surface area (Å²) in [4.78, 5) is 27.9. The van der Waals surface area contributed by atoms with E-state index in [1.165, 1.54) is 0 Å². The van der Waals surface area contributed by atoms with E-state index in [1.54, 1.807) is 46.3 Å². The SMILES string of the molecule is CCOC(=O)C(C)COc1cc(OC)cc(C(=O)N(Cc2ccc(OC)c(OCC)c2)C2CCNCC2)c1. The molecule has 1 saturated heterocycles. The molecule has 1 unspecified atom stereocenters. The Balaban J connectivity index is 1.88. The number of carbonyl (C=O) groups is 2. The van der Waals surface area contributed by atoms with Gasteiger partial charge in [-0.25, -0.2) is 0 Å². The molecule has 2 aromatic carbocycles. The summed E-state index contributed by atoms with van der Waals surface area (Å²) in [6.45, 7) is 8.50. The molecule has 0 aromatic heterocycles. The van der Waals surface area contributed by atoms with Crippen LogP contribution in [-0.2, 0) is 16.1 Å². The number of esters is 1. The van der Waals surface area contributed by atoms with Crippen LogP contribution in [0.25, 0.3) is 0 Å². The van der Waals surface area contributed by atoms with Crippen molar-refractivity contribution in [3.8, 4) is 23.0 Å². The zero-order chi connectivity index (χ0) is 27.5. The van der Waals surface area contributed by atoms with Crippen LogP contribution in [0.3, 0.4) is 0 Å². The molecule has 1 fully saturated rings. The second kappa shape index (κ2) is 14.5. The Kier molecular flexibility index (Phi) is 11.1. The van der Waals surface area contributed by atoms with E-state index < -0.39 is 5.92 Å². The van der Waals surface area contributed by atoms with Crippen LogP contribution < -0.4 is 24.3 Å². The Bertz CT molecular complexity index is 1070. The Hall–Kier alpha value is -3.46. The predicted octanol–water partition coefficient (Wildman–Crippen LogP) is 4.07. The molecule has 0 aliphatic carbocycles. The second-order valence-electron chi connectivity index (χ2n) is 9.19. The number of ether oxygens (including phenoxy) is 5. The number of rotatable bonds is 13. The van der Waals surface area contributed by atoms with Gasteiger partial charge in [-0.2, -0.15) is 0 Å². The van der Waals surface area contributed by atoms with Crippen LogP contribution in [0.15, 0.2) is 36.4 Å². The second-order valence-corrected chi connectivity index (χ2v) is 9.19. The van der Waals surface area contributed by atoms with Crippen LogP contribution in [0, 0.1) is 5.92 Å². The van der Waals surface area contributed by atoms with Crippen molar-refractivity contribution in [2.45, 2.75) is 46.2 Å². The Morgan fingerprint density at radius 3 is 2.34 bits per heavy atom. The monoisotopic (exact) mass is 528 g/mol. The fourth-order valence-electron chi connectivity index (χ4n) is 4.41. The van der Waals surface area contributed by atoms with Gasteiger partial charge in [0, 0.05) is 24.2 Å². The van der Waals surface area contributed by atoms with Crippen molar-refractivity contribution in [3.63, 3.8) is 0 Å². The van der Waals surface area contributed by atoms with Crippen molar-refractivity contribution in [2.75, 3.05) is 47.1 Å². The fraction of sp³-hybridized carbons (Fsp3) is 0.517. The molecule has 0 spiro atoms. The topological polar surface area (TPSA) is 95.6 Å². The highest BCUT2D eigenvalue weighted by Crippen LogP contribution is 2.31. The zero-order valence-electron chi connectivity index (χ0n) is 23.1. The van der Waals surface area contributed by atoms with Crippen molar-refractivity contribution >= 4 is 11.9 Å². The lowest BCUT2D eigenvalue weighted by Crippen LogP contribution is -2.45. The van der Waals surface area contributed by atoms with Crippen LogP contribution >= 0.6 is 0 Å². The third-order valence-corrected chi connectivity index (χ3v) is 6.44. The third-order valence-electron chi connectivity index (χ3n) is 6.44. The standard InChI is InChI=1S/C29H40N2O7/c1-6-36-27-14-21(8-9-26(27)35-5)18-31(23-10-12-30-13-11-23)28(32)22-15-24(34-4)17-25(16-22)38-19-20(3)29(33)37-7-2/h8-9,14-17,20,23,30H,6-7,10-13,18-19H2,1-5H3. The van der Waals surface area contributed by atoms with Crippen LogP contribution in [0.2, 0.25) is 0 Å². The van der Waals surface area contributed by atoms with E-state index in [4.69, 9.17) is 23.7 Å². The number of piperidine rings is 1. The first-order chi connectivity index (χ1) is 18.4. The maximum atomic E-state index is 14.0. The number of amides is 1. The summed E-state index contributed by atoms with van der Waals surface area (Å²) < 4.78 is 27.6. The summed E-state index contributed by atoms with van der Waals surface area (Å²) in [5, 5.41) is 3.37. The van der Waals surface area contributed by atoms with E-state index in [2.05, 4.69) is 5.32 Å². The van der Waals surface area contributed by atoms with Gasteiger partial charge in [0.05, 0.1) is 33.4 Å². The van der Waals surface area contributed by atoms with E-state index in [0.717, 1.165) is 31.5 Å². The van der Waals surface area contributed by atoms with Crippen molar-refractivity contribution in [2.24, 2.45) is 5.92 Å². The highest BCUT2D eigenvalue weighted by molar-refractivity contribution is 5.95. The number of nitrogens with zero attached hydrogens (tertiary/aromatic N) is 1. The molecule has 38 heavy (non-hydrogen) atoms. The fourth-order valence-corrected chi connectivity index (χ4v) is 4.41. The first kappa shape index (κ1) is 29.1. The van der Waals surface area contributed by atoms with Crippen molar-refractivity contribution in [3.05, 3.63) is 47.5 Å². The molecule has 1 aliphatic heterocycles. The van der Waals surface area contributed by atoms with Gasteiger partial charge in [0.25, 0.3) is 5.91 Å². The van der Waals surface area contributed by atoms with Gasteiger partial charge in [-0.05, 0) is 76.5 Å². The molecule has 0 saturated carbocycles. The van der Waals surface area contributed by atoms with E-state index in [0.29, 0.717) is 48.3 Å². The molecule has 1 atom stereocenters. The summed E-state index contributed by atoms with van der Waals surface area (Å²) in [7, 11) is 3.16. The van der Waals surface area contributed by atoms with E-state index in [-0.39, 0.29) is 24.5 Å². The van der Waals surface area contributed by atoms with Gasteiger partial charge < -0.3 is 33.9 Å². The smallest absolute Gasteiger partial charge is 0.312 e. The van der Waals surface area contributed by atoms with Crippen molar-refractivity contribution < 1.29 is 33.3 Å². The number of hydrogen-bond acceptors (Lipinski definition) is 8. The molecule has 1 amide bonds. The van der Waals surface area contributed by atoms with E-state index >= 15 is 0 Å². The summed E-state index contributed by atoms with van der Waals surface area (Å²) in [6.07, 6.45) is 1.70. The van der Waals surface area contributed by atoms with Gasteiger partial charge in [0.1, 0.15) is 18.1 Å². The van der Waals surface area contributed by atoms with Crippen LogP contribution in [0.1, 0.15) is 49.5 Å². The van der Waals surface area contributed by atoms with Crippen LogP contribution in [0.5, 0.6) is 23.0 Å². The molecule has 1 aliphatic rings. The normalized spacial score (nSPS) is 14.3. The first-order valence-electron chi connectivity index (χ1n) is 13.2. The number of hydrogen-bond donors (Lipinski definition) is 1. The molecular weight excluding hydrogens is 488 g/mol. The average Bonchev–Trinajstić information content (AvgIpc) is 2.95. The lowest BCUT2D eigenvalue weighted by Gasteiger charge is -2.35. The van der Waals surface area contributed by atoms with Crippen molar-refractivity contribution in [1.82, 2.24) is 10.2 Å². The van der Waals surface area contributed by atoms with Crippen LogP contribution in [0.4, 0.5) is 0 Å². The molecule has 1 heterocycles. The minimum absolute atomic E-state index is 0.0702. The van der Waals surface area contributed by atoms with Crippen molar-refractivity contribution in [1.29, 1.82) is 0 Å². The molecule has 9 nitrogen and oxygen atoms in total. The molecule has 9 heteroatoms. The minimum atomic E-state index is -0.443. The highest BCUT2D eigenvalue weighted by Gasteiger charge is 2.28. The summed E-state index contributed by atoms with van der Waals surface area (Å²) in [6, 6.07) is 11.0. The molecule has 2 aromatic rings.